The SMILES string of the molecule is CCSC(SSC(SCC)P(=O)(OC(C)C)OC(C)C)P(=O)(OC(C)C)OC(C)C. The average molecular weight is 543 g/mol. The lowest BCUT2D eigenvalue weighted by Crippen LogP contribution is -2.16. The molecule has 0 aromatic carbocycles. The summed E-state index contributed by atoms with van der Waals surface area (Å²) in [4.78, 5) is 0. The van der Waals surface area contributed by atoms with Crippen LogP contribution in [0.3, 0.4) is 0 Å². The summed E-state index contributed by atoms with van der Waals surface area (Å²) in [5, 5.41) is 0. The van der Waals surface area contributed by atoms with Crippen molar-refractivity contribution in [2.45, 2.75) is 102 Å². The molecule has 6 nitrogen and oxygen atoms in total. The Balaban J connectivity index is 5.74. The molecule has 0 heterocycles. The van der Waals surface area contributed by atoms with E-state index in [-0.39, 0.29) is 24.4 Å². The normalized spacial score (nSPS) is 15.5. The van der Waals surface area contributed by atoms with Crippen LogP contribution in [0.25, 0.3) is 0 Å². The Hall–Kier alpha value is 1.70. The molecule has 0 bridgehead atoms. The topological polar surface area (TPSA) is 71.1 Å². The van der Waals surface area contributed by atoms with E-state index in [4.69, 9.17) is 18.1 Å². The predicted molar refractivity (Wildman–Crippen MR) is 139 cm³/mol. The third-order valence-electron chi connectivity index (χ3n) is 2.79. The largest absolute Gasteiger partial charge is 0.354 e. The van der Waals surface area contributed by atoms with E-state index in [2.05, 4.69) is 0 Å². The van der Waals surface area contributed by atoms with Gasteiger partial charge in [-0.05, 0) is 66.9 Å². The number of thioether (sulfide) groups is 2. The number of hydrogen-bond donors (Lipinski definition) is 0. The first-order valence-electron chi connectivity index (χ1n) is 10.3. The quantitative estimate of drug-likeness (QED) is 0.101. The smallest absolute Gasteiger partial charge is 0.304 e. The minimum absolute atomic E-state index is 0.236. The van der Waals surface area contributed by atoms with Crippen LogP contribution >= 0.6 is 60.3 Å². The highest BCUT2D eigenvalue weighted by Gasteiger charge is 2.43. The lowest BCUT2D eigenvalue weighted by molar-refractivity contribution is 0.143. The van der Waals surface area contributed by atoms with Crippen LogP contribution < -0.4 is 0 Å². The molecule has 0 aromatic heterocycles. The van der Waals surface area contributed by atoms with Crippen LogP contribution in [0.4, 0.5) is 0 Å². The van der Waals surface area contributed by atoms with Crippen LogP contribution in [0, 0.1) is 0 Å². The molecule has 0 aromatic rings. The van der Waals surface area contributed by atoms with Crippen LogP contribution in [0.1, 0.15) is 69.2 Å². The van der Waals surface area contributed by atoms with Gasteiger partial charge >= 0.3 is 15.2 Å². The third kappa shape index (κ3) is 12.2. The highest BCUT2D eigenvalue weighted by molar-refractivity contribution is 8.82. The minimum Gasteiger partial charge on any atom is -0.304 e. The summed E-state index contributed by atoms with van der Waals surface area (Å²) in [6, 6.07) is 0. The van der Waals surface area contributed by atoms with Gasteiger partial charge in [0.15, 0.2) is 8.65 Å². The Morgan fingerprint density at radius 3 is 0.967 bits per heavy atom. The summed E-state index contributed by atoms with van der Waals surface area (Å²) in [6.45, 7) is 18.8. The lowest BCUT2D eigenvalue weighted by Gasteiger charge is -2.31. The summed E-state index contributed by atoms with van der Waals surface area (Å²) in [7, 11) is -4.07. The molecule has 30 heavy (non-hydrogen) atoms. The van der Waals surface area contributed by atoms with E-state index < -0.39 is 23.8 Å². The summed E-state index contributed by atoms with van der Waals surface area (Å²) in [6.07, 6.45) is -0.942. The van der Waals surface area contributed by atoms with Gasteiger partial charge in [0.25, 0.3) is 0 Å². The Morgan fingerprint density at radius 1 is 0.567 bits per heavy atom. The predicted octanol–water partition coefficient (Wildman–Crippen LogP) is 8.53. The maximum absolute atomic E-state index is 13.7. The molecule has 0 spiro atoms. The Kier molecular flexibility index (Phi) is 16.5. The second kappa shape index (κ2) is 15.6. The maximum Gasteiger partial charge on any atom is 0.354 e. The number of rotatable bonds is 17. The van der Waals surface area contributed by atoms with Crippen LogP contribution in [0.15, 0.2) is 0 Å². The molecule has 0 saturated heterocycles. The fraction of sp³-hybridized carbons (Fsp3) is 1.00. The first-order chi connectivity index (χ1) is 13.8. The second-order valence-corrected chi connectivity index (χ2v) is 18.7. The molecular formula is C18H40O6P2S4. The zero-order valence-electron chi connectivity index (χ0n) is 19.9. The van der Waals surface area contributed by atoms with Gasteiger partial charge in [-0.25, -0.2) is 0 Å². The van der Waals surface area contributed by atoms with E-state index in [9.17, 15) is 9.13 Å². The van der Waals surface area contributed by atoms with Crippen molar-refractivity contribution in [1.29, 1.82) is 0 Å². The van der Waals surface area contributed by atoms with Crippen molar-refractivity contribution in [2.75, 3.05) is 11.5 Å². The molecule has 2 unspecified atom stereocenters. The van der Waals surface area contributed by atoms with Gasteiger partial charge < -0.3 is 18.1 Å². The van der Waals surface area contributed by atoms with Crippen molar-refractivity contribution in [3.63, 3.8) is 0 Å². The molecule has 0 radical (unpaired) electrons. The fourth-order valence-electron chi connectivity index (χ4n) is 2.15. The van der Waals surface area contributed by atoms with Gasteiger partial charge in [0, 0.05) is 0 Å². The third-order valence-corrected chi connectivity index (χ3v) is 17.5. The summed E-state index contributed by atoms with van der Waals surface area (Å²) >= 11 is 3.03. The van der Waals surface area contributed by atoms with E-state index >= 15 is 0 Å². The van der Waals surface area contributed by atoms with Crippen LogP contribution in [-0.2, 0) is 27.2 Å². The van der Waals surface area contributed by atoms with Crippen molar-refractivity contribution in [3.8, 4) is 0 Å². The first-order valence-corrected chi connectivity index (χ1v) is 17.9. The zero-order chi connectivity index (χ0) is 23.5. The van der Waals surface area contributed by atoms with Crippen molar-refractivity contribution >= 4 is 60.3 Å². The molecule has 0 rings (SSSR count). The summed E-state index contributed by atoms with van der Waals surface area (Å²) in [5.74, 6) is 1.50. The van der Waals surface area contributed by atoms with Crippen molar-refractivity contribution < 1.29 is 27.2 Å². The van der Waals surface area contributed by atoms with Gasteiger partial charge in [-0.3, -0.25) is 9.13 Å². The Morgan fingerprint density at radius 2 is 0.800 bits per heavy atom. The van der Waals surface area contributed by atoms with Gasteiger partial charge in [0.1, 0.15) is 0 Å². The average Bonchev–Trinajstić information content (AvgIpc) is 2.53. The number of hydrogen-bond acceptors (Lipinski definition) is 10. The van der Waals surface area contributed by atoms with Crippen LogP contribution in [0.5, 0.6) is 0 Å². The molecule has 0 saturated carbocycles. The molecule has 182 valence electrons. The van der Waals surface area contributed by atoms with Gasteiger partial charge in [-0.1, -0.05) is 35.4 Å². The summed E-state index contributed by atoms with van der Waals surface area (Å²) in [5.41, 5.74) is 0. The molecule has 12 heteroatoms. The minimum atomic E-state index is -3.42. The molecule has 0 fully saturated rings. The van der Waals surface area contributed by atoms with Crippen LogP contribution in [0.2, 0.25) is 0 Å². The fourth-order valence-corrected chi connectivity index (χ4v) is 16.6. The second-order valence-electron chi connectivity index (χ2n) is 7.41. The monoisotopic (exact) mass is 542 g/mol. The van der Waals surface area contributed by atoms with E-state index in [1.807, 2.05) is 69.2 Å². The van der Waals surface area contributed by atoms with E-state index in [1.54, 1.807) is 0 Å². The Bertz CT molecular complexity index is 487. The molecule has 2 atom stereocenters. The van der Waals surface area contributed by atoms with Gasteiger partial charge in [-0.15, -0.1) is 23.5 Å². The van der Waals surface area contributed by atoms with E-state index in [0.29, 0.717) is 0 Å². The van der Waals surface area contributed by atoms with E-state index in [0.717, 1.165) is 11.5 Å². The molecule has 0 aliphatic carbocycles. The van der Waals surface area contributed by atoms with Gasteiger partial charge in [0.05, 0.1) is 24.4 Å². The lowest BCUT2D eigenvalue weighted by atomic mass is 10.5. The first kappa shape index (κ1) is 31.7. The Labute approximate surface area is 200 Å². The van der Waals surface area contributed by atoms with Crippen molar-refractivity contribution in [2.24, 2.45) is 0 Å². The highest BCUT2D eigenvalue weighted by atomic mass is 33.1. The van der Waals surface area contributed by atoms with Gasteiger partial charge in [0.2, 0.25) is 0 Å². The summed E-state index contributed by atoms with van der Waals surface area (Å²) < 4.78 is 49.7. The molecule has 0 amide bonds. The molecule has 0 aliphatic rings. The molecule has 0 aliphatic heterocycles. The highest BCUT2D eigenvalue weighted by Crippen LogP contribution is 2.70. The standard InChI is InChI=1S/C18H40O6P2S4/c1-11-27-17(25(19,21-13(3)4)22-14(5)6)29-30-18(28-12-2)26(20,23-15(7)8)24-16(9)10/h13-18H,11-12H2,1-10H3. The van der Waals surface area contributed by atoms with Crippen molar-refractivity contribution in [3.05, 3.63) is 0 Å². The molecular weight excluding hydrogens is 502 g/mol. The van der Waals surface area contributed by atoms with Crippen molar-refractivity contribution in [1.82, 2.24) is 0 Å². The van der Waals surface area contributed by atoms with Gasteiger partial charge in [-0.2, -0.15) is 0 Å². The van der Waals surface area contributed by atoms with Crippen LogP contribution in [-0.4, -0.2) is 44.6 Å². The maximum atomic E-state index is 13.7. The zero-order valence-corrected chi connectivity index (χ0v) is 24.9. The van der Waals surface area contributed by atoms with E-state index in [1.165, 1.54) is 45.1 Å². The molecule has 0 N–H and O–H groups in total.